The summed E-state index contributed by atoms with van der Waals surface area (Å²) in [6.07, 6.45) is 0.962. The van der Waals surface area contributed by atoms with E-state index >= 15 is 0 Å². The summed E-state index contributed by atoms with van der Waals surface area (Å²) in [6, 6.07) is 0. The van der Waals surface area contributed by atoms with Crippen molar-refractivity contribution in [3.63, 3.8) is 0 Å². The average molecular weight is 144 g/mol. The lowest BCUT2D eigenvalue weighted by Gasteiger charge is -1.83. The first-order valence-electron chi connectivity index (χ1n) is 2.76. The minimum atomic E-state index is -1.83. The van der Waals surface area contributed by atoms with E-state index in [0.717, 1.165) is 12.0 Å². The van der Waals surface area contributed by atoms with Crippen molar-refractivity contribution < 1.29 is 15.0 Å². The largest absolute Gasteiger partial charge is 0.503 e. The van der Waals surface area contributed by atoms with Gasteiger partial charge >= 0.3 is 6.16 Å². The molecule has 0 aliphatic heterocycles. The fourth-order valence-corrected chi connectivity index (χ4v) is 0.144. The minimum absolute atomic E-state index is 1.02. The summed E-state index contributed by atoms with van der Waals surface area (Å²) in [5.74, 6) is 0. The van der Waals surface area contributed by atoms with Crippen LogP contribution in [0.1, 0.15) is 13.3 Å². The van der Waals surface area contributed by atoms with Crippen LogP contribution in [0.5, 0.6) is 0 Å². The molecule has 0 aromatic carbocycles. The second-order valence-corrected chi connectivity index (χ2v) is 1.50. The molecular formula is C7H12O3. The highest BCUT2D eigenvalue weighted by Crippen LogP contribution is 1.93. The highest BCUT2D eigenvalue weighted by atomic mass is 16.6. The van der Waals surface area contributed by atoms with Crippen LogP contribution in [0, 0.1) is 0 Å². The molecule has 0 radical (unpaired) electrons. The first kappa shape index (κ1) is 11.5. The monoisotopic (exact) mass is 144 g/mol. The summed E-state index contributed by atoms with van der Waals surface area (Å²) < 4.78 is 0. The van der Waals surface area contributed by atoms with Gasteiger partial charge in [0.2, 0.25) is 0 Å². The van der Waals surface area contributed by atoms with Gasteiger partial charge in [-0.3, -0.25) is 0 Å². The Kier molecular flexibility index (Phi) is 8.94. The summed E-state index contributed by atoms with van der Waals surface area (Å²) >= 11 is 0. The maximum atomic E-state index is 8.56. The first-order valence-corrected chi connectivity index (χ1v) is 2.76. The molecule has 2 N–H and O–H groups in total. The van der Waals surface area contributed by atoms with Crippen LogP contribution in [-0.4, -0.2) is 16.4 Å². The number of allylic oxidation sites excluding steroid dienone is 2. The van der Waals surface area contributed by atoms with Crippen LogP contribution < -0.4 is 0 Å². The quantitative estimate of drug-likeness (QED) is 0.585. The molecule has 0 spiro atoms. The van der Waals surface area contributed by atoms with Gasteiger partial charge in [0, 0.05) is 0 Å². The topological polar surface area (TPSA) is 57.5 Å². The Morgan fingerprint density at radius 2 is 1.90 bits per heavy atom. The summed E-state index contributed by atoms with van der Waals surface area (Å²) in [5, 5.41) is 13.9. The van der Waals surface area contributed by atoms with Crippen molar-refractivity contribution in [1.29, 1.82) is 0 Å². The predicted molar refractivity (Wildman–Crippen MR) is 40.3 cm³/mol. The van der Waals surface area contributed by atoms with E-state index < -0.39 is 6.16 Å². The van der Waals surface area contributed by atoms with Crippen LogP contribution >= 0.6 is 0 Å². The smallest absolute Gasteiger partial charge is 0.450 e. The minimum Gasteiger partial charge on any atom is -0.450 e. The van der Waals surface area contributed by atoms with E-state index in [4.69, 9.17) is 15.0 Å². The van der Waals surface area contributed by atoms with E-state index in [-0.39, 0.29) is 0 Å². The van der Waals surface area contributed by atoms with Crippen molar-refractivity contribution in [2.24, 2.45) is 0 Å². The van der Waals surface area contributed by atoms with E-state index in [9.17, 15) is 0 Å². The van der Waals surface area contributed by atoms with E-state index in [1.165, 1.54) is 0 Å². The van der Waals surface area contributed by atoms with Crippen molar-refractivity contribution in [3.05, 3.63) is 24.8 Å². The second-order valence-electron chi connectivity index (χ2n) is 1.50. The standard InChI is InChI=1S/C6H10.CH2O3/c1-4-6(3)5-2;2-1(3)4/h4H,1,3,5H2,2H3;(H2,2,3,4). The van der Waals surface area contributed by atoms with Gasteiger partial charge in [-0.15, -0.1) is 0 Å². The normalized spacial score (nSPS) is 6.90. The van der Waals surface area contributed by atoms with Crippen LogP contribution in [0.2, 0.25) is 0 Å². The number of carboxylic acid groups (broad SMARTS) is 2. The van der Waals surface area contributed by atoms with Crippen LogP contribution in [0.3, 0.4) is 0 Å². The van der Waals surface area contributed by atoms with Crippen molar-refractivity contribution in [3.8, 4) is 0 Å². The van der Waals surface area contributed by atoms with Crippen LogP contribution in [-0.2, 0) is 0 Å². The lowest BCUT2D eigenvalue weighted by molar-refractivity contribution is 0.137. The van der Waals surface area contributed by atoms with E-state index in [1.54, 1.807) is 6.08 Å². The lowest BCUT2D eigenvalue weighted by atomic mass is 10.2. The molecule has 0 aromatic heterocycles. The fourth-order valence-electron chi connectivity index (χ4n) is 0.144. The SMILES string of the molecule is C=CC(=C)CC.O=C(O)O. The molecule has 10 heavy (non-hydrogen) atoms. The summed E-state index contributed by atoms with van der Waals surface area (Å²) in [4.78, 5) is 8.56. The van der Waals surface area contributed by atoms with Gasteiger partial charge in [0.1, 0.15) is 0 Å². The molecule has 58 valence electrons. The lowest BCUT2D eigenvalue weighted by Crippen LogP contribution is -1.81. The van der Waals surface area contributed by atoms with Crippen LogP contribution in [0.4, 0.5) is 4.79 Å². The molecule has 3 nitrogen and oxygen atoms in total. The Morgan fingerprint density at radius 1 is 1.60 bits per heavy atom. The molecular weight excluding hydrogens is 132 g/mol. The zero-order chi connectivity index (χ0) is 8.57. The fraction of sp³-hybridized carbons (Fsp3) is 0.286. The third-order valence-electron chi connectivity index (χ3n) is 0.743. The van der Waals surface area contributed by atoms with Gasteiger partial charge in [0.05, 0.1) is 0 Å². The van der Waals surface area contributed by atoms with Crippen molar-refractivity contribution >= 4 is 6.16 Å². The second kappa shape index (κ2) is 7.75. The molecule has 0 saturated carbocycles. The summed E-state index contributed by atoms with van der Waals surface area (Å²) in [5.41, 5.74) is 1.11. The first-order chi connectivity index (χ1) is 4.54. The number of hydrogen-bond donors (Lipinski definition) is 2. The molecule has 0 amide bonds. The third kappa shape index (κ3) is 29.5. The van der Waals surface area contributed by atoms with Crippen molar-refractivity contribution in [2.45, 2.75) is 13.3 Å². The molecule has 0 fully saturated rings. The van der Waals surface area contributed by atoms with E-state index in [0.29, 0.717) is 0 Å². The molecule has 0 bridgehead atoms. The van der Waals surface area contributed by atoms with Gasteiger partial charge in [0.15, 0.2) is 0 Å². The summed E-state index contributed by atoms with van der Waals surface area (Å²) in [7, 11) is 0. The van der Waals surface area contributed by atoms with Crippen LogP contribution in [0.15, 0.2) is 24.8 Å². The third-order valence-corrected chi connectivity index (χ3v) is 0.743. The molecule has 0 aliphatic carbocycles. The zero-order valence-electron chi connectivity index (χ0n) is 6.00. The molecule has 0 rings (SSSR count). The Labute approximate surface area is 60.3 Å². The van der Waals surface area contributed by atoms with Gasteiger partial charge in [-0.1, -0.05) is 31.7 Å². The van der Waals surface area contributed by atoms with Crippen LogP contribution in [0.25, 0.3) is 0 Å². The summed E-state index contributed by atoms with van der Waals surface area (Å²) in [6.45, 7) is 9.27. The zero-order valence-corrected chi connectivity index (χ0v) is 6.00. The van der Waals surface area contributed by atoms with Gasteiger partial charge in [-0.05, 0) is 6.42 Å². The molecule has 0 heterocycles. The maximum Gasteiger partial charge on any atom is 0.503 e. The Morgan fingerprint density at radius 3 is 1.90 bits per heavy atom. The van der Waals surface area contributed by atoms with Gasteiger partial charge < -0.3 is 10.2 Å². The Bertz CT molecular complexity index is 123. The number of rotatable bonds is 2. The molecule has 0 unspecified atom stereocenters. The number of hydrogen-bond acceptors (Lipinski definition) is 1. The molecule has 0 aromatic rings. The Hall–Kier alpha value is -1.25. The predicted octanol–water partition coefficient (Wildman–Crippen LogP) is 2.36. The molecule has 0 atom stereocenters. The Balaban J connectivity index is 0. The van der Waals surface area contributed by atoms with Gasteiger partial charge in [0.25, 0.3) is 0 Å². The highest BCUT2D eigenvalue weighted by molar-refractivity contribution is 5.53. The molecule has 0 saturated heterocycles. The maximum absolute atomic E-state index is 8.56. The molecule has 3 heteroatoms. The van der Waals surface area contributed by atoms with Gasteiger partial charge in [-0.25, -0.2) is 4.79 Å². The molecule has 0 aliphatic rings. The van der Waals surface area contributed by atoms with Crippen molar-refractivity contribution in [1.82, 2.24) is 0 Å². The van der Waals surface area contributed by atoms with E-state index in [1.807, 2.05) is 0 Å². The van der Waals surface area contributed by atoms with E-state index in [2.05, 4.69) is 20.1 Å². The average Bonchev–Trinajstić information content (AvgIpc) is 1.85. The highest BCUT2D eigenvalue weighted by Gasteiger charge is 1.72. The van der Waals surface area contributed by atoms with Crippen molar-refractivity contribution in [2.75, 3.05) is 0 Å². The number of carbonyl (C=O) groups is 1. The van der Waals surface area contributed by atoms with Gasteiger partial charge in [-0.2, -0.15) is 0 Å².